The molecule has 0 aliphatic rings. The number of benzene rings is 1. The molecule has 0 fully saturated rings. The third-order valence-electron chi connectivity index (χ3n) is 3.17. The van der Waals surface area contributed by atoms with Crippen molar-refractivity contribution < 1.29 is 27.8 Å². The fraction of sp³-hybridized carbons (Fsp3) is 0.357. The van der Waals surface area contributed by atoms with Crippen molar-refractivity contribution >= 4 is 22.7 Å². The lowest BCUT2D eigenvalue weighted by Gasteiger charge is -2.16. The Balaban J connectivity index is 2.62. The average molecular weight is 329 g/mol. The lowest BCUT2D eigenvalue weighted by atomic mass is 10.2. The van der Waals surface area contributed by atoms with E-state index in [4.69, 9.17) is 9.84 Å². The molecule has 1 atom stereocenters. The van der Waals surface area contributed by atoms with Gasteiger partial charge in [0.05, 0.1) is 12.6 Å². The van der Waals surface area contributed by atoms with E-state index in [0.717, 1.165) is 0 Å². The number of hydrogen-bond acceptors (Lipinski definition) is 5. The molecule has 6 nitrogen and oxygen atoms in total. The summed E-state index contributed by atoms with van der Waals surface area (Å²) in [4.78, 5) is 18.0. The topological polar surface area (TPSA) is 84.3 Å². The highest BCUT2D eigenvalue weighted by Gasteiger charge is 2.36. The normalized spacial score (nSPS) is 12.9. The van der Waals surface area contributed by atoms with Gasteiger partial charge in [0.1, 0.15) is 17.6 Å². The summed E-state index contributed by atoms with van der Waals surface area (Å²) in [7, 11) is 1.38. The Labute approximate surface area is 129 Å². The molecule has 1 aromatic carbocycles. The quantitative estimate of drug-likeness (QED) is 0.877. The Morgan fingerprint density at radius 1 is 1.39 bits per heavy atom. The SMILES string of the molecule is CCC(Nc1nc(C(F)(F)F)nc2cc(OC)ccc12)C(=O)O. The third-order valence-corrected chi connectivity index (χ3v) is 3.17. The van der Waals surface area contributed by atoms with Gasteiger partial charge in [-0.05, 0) is 18.6 Å². The maximum absolute atomic E-state index is 13.0. The number of alkyl halides is 3. The van der Waals surface area contributed by atoms with Crippen LogP contribution in [0.5, 0.6) is 5.75 Å². The van der Waals surface area contributed by atoms with Crippen molar-refractivity contribution in [2.24, 2.45) is 0 Å². The van der Waals surface area contributed by atoms with E-state index in [0.29, 0.717) is 5.75 Å². The number of aliphatic carboxylic acids is 1. The van der Waals surface area contributed by atoms with Gasteiger partial charge in [0, 0.05) is 11.5 Å². The van der Waals surface area contributed by atoms with Gasteiger partial charge >= 0.3 is 12.1 Å². The van der Waals surface area contributed by atoms with E-state index >= 15 is 0 Å². The van der Waals surface area contributed by atoms with Crippen LogP contribution in [-0.4, -0.2) is 34.2 Å². The minimum Gasteiger partial charge on any atom is -0.497 e. The standard InChI is InChI=1S/C14H14F3N3O3/c1-3-9(12(21)22)18-11-8-5-4-7(23-2)6-10(8)19-13(20-11)14(15,16)17/h4-6,9H,3H2,1-2H3,(H,21,22)(H,18,19,20). The van der Waals surface area contributed by atoms with Crippen LogP contribution >= 0.6 is 0 Å². The molecular weight excluding hydrogens is 315 g/mol. The van der Waals surface area contributed by atoms with Crippen LogP contribution in [0.25, 0.3) is 10.9 Å². The molecule has 0 spiro atoms. The Hall–Kier alpha value is -2.58. The highest BCUT2D eigenvalue weighted by Crippen LogP contribution is 2.32. The number of carboxylic acid groups (broad SMARTS) is 1. The molecule has 2 N–H and O–H groups in total. The molecule has 2 aromatic rings. The molecule has 2 rings (SSSR count). The number of nitrogens with one attached hydrogen (secondary N) is 1. The summed E-state index contributed by atoms with van der Waals surface area (Å²) in [5, 5.41) is 11.9. The van der Waals surface area contributed by atoms with Gasteiger partial charge in [-0.1, -0.05) is 6.92 Å². The first kappa shape index (κ1) is 16.8. The predicted octanol–water partition coefficient (Wildman–Crippen LogP) is 2.93. The van der Waals surface area contributed by atoms with Crippen molar-refractivity contribution in [1.82, 2.24) is 9.97 Å². The maximum Gasteiger partial charge on any atom is 0.451 e. The van der Waals surface area contributed by atoms with Crippen LogP contribution in [0, 0.1) is 0 Å². The number of rotatable bonds is 5. The van der Waals surface area contributed by atoms with Gasteiger partial charge in [0.15, 0.2) is 0 Å². The summed E-state index contributed by atoms with van der Waals surface area (Å²) in [5.74, 6) is -2.37. The van der Waals surface area contributed by atoms with Crippen molar-refractivity contribution in [2.45, 2.75) is 25.6 Å². The van der Waals surface area contributed by atoms with Crippen LogP contribution in [0.1, 0.15) is 19.2 Å². The fourth-order valence-corrected chi connectivity index (χ4v) is 1.98. The van der Waals surface area contributed by atoms with E-state index in [-0.39, 0.29) is 23.1 Å². The lowest BCUT2D eigenvalue weighted by molar-refractivity contribution is -0.144. The number of aromatic nitrogens is 2. The molecule has 23 heavy (non-hydrogen) atoms. The summed E-state index contributed by atoms with van der Waals surface area (Å²) in [6.07, 6.45) is -4.57. The van der Waals surface area contributed by atoms with Crippen molar-refractivity contribution in [3.63, 3.8) is 0 Å². The molecule has 9 heteroatoms. The zero-order chi connectivity index (χ0) is 17.2. The Kier molecular flexibility index (Phi) is 4.57. The highest BCUT2D eigenvalue weighted by molar-refractivity contribution is 5.91. The first-order valence-corrected chi connectivity index (χ1v) is 6.68. The molecule has 0 amide bonds. The second kappa shape index (κ2) is 6.27. The molecule has 1 unspecified atom stereocenters. The summed E-state index contributed by atoms with van der Waals surface area (Å²) < 4.78 is 43.8. The van der Waals surface area contributed by atoms with Crippen molar-refractivity contribution in [1.29, 1.82) is 0 Å². The number of nitrogens with zero attached hydrogens (tertiary/aromatic N) is 2. The monoisotopic (exact) mass is 329 g/mol. The van der Waals surface area contributed by atoms with E-state index in [1.54, 1.807) is 6.92 Å². The Morgan fingerprint density at radius 2 is 2.09 bits per heavy atom. The molecule has 0 saturated heterocycles. The summed E-state index contributed by atoms with van der Waals surface area (Å²) in [6, 6.07) is 3.28. The van der Waals surface area contributed by atoms with Crippen molar-refractivity contribution in [3.8, 4) is 5.75 Å². The van der Waals surface area contributed by atoms with Crippen LogP contribution in [0.3, 0.4) is 0 Å². The summed E-state index contributed by atoms with van der Waals surface area (Å²) in [6.45, 7) is 1.60. The van der Waals surface area contributed by atoms with E-state index in [1.807, 2.05) is 0 Å². The number of carbonyl (C=O) groups is 1. The zero-order valence-electron chi connectivity index (χ0n) is 12.3. The van der Waals surface area contributed by atoms with E-state index in [2.05, 4.69) is 15.3 Å². The van der Waals surface area contributed by atoms with Crippen LogP contribution < -0.4 is 10.1 Å². The summed E-state index contributed by atoms with van der Waals surface area (Å²) in [5.41, 5.74) is 0.00872. The van der Waals surface area contributed by atoms with Gasteiger partial charge in [-0.2, -0.15) is 13.2 Å². The first-order valence-electron chi connectivity index (χ1n) is 6.68. The van der Waals surface area contributed by atoms with Crippen LogP contribution in [-0.2, 0) is 11.0 Å². The minimum atomic E-state index is -4.75. The van der Waals surface area contributed by atoms with E-state index in [1.165, 1.54) is 25.3 Å². The third kappa shape index (κ3) is 3.61. The van der Waals surface area contributed by atoms with E-state index < -0.39 is 24.0 Å². The van der Waals surface area contributed by atoms with Crippen molar-refractivity contribution in [2.75, 3.05) is 12.4 Å². The Bertz CT molecular complexity index is 734. The van der Waals surface area contributed by atoms with Gasteiger partial charge in [-0.15, -0.1) is 0 Å². The van der Waals surface area contributed by atoms with Crippen LogP contribution in [0.2, 0.25) is 0 Å². The molecule has 1 heterocycles. The zero-order valence-corrected chi connectivity index (χ0v) is 12.3. The van der Waals surface area contributed by atoms with Gasteiger partial charge < -0.3 is 15.2 Å². The molecular formula is C14H14F3N3O3. The Morgan fingerprint density at radius 3 is 2.61 bits per heavy atom. The first-order chi connectivity index (χ1) is 10.8. The second-order valence-corrected chi connectivity index (χ2v) is 4.72. The lowest BCUT2D eigenvalue weighted by Crippen LogP contribution is -2.29. The molecule has 0 saturated carbocycles. The van der Waals surface area contributed by atoms with Gasteiger partial charge in [-0.25, -0.2) is 14.8 Å². The maximum atomic E-state index is 13.0. The summed E-state index contributed by atoms with van der Waals surface area (Å²) >= 11 is 0. The van der Waals surface area contributed by atoms with Gasteiger partial charge in [0.25, 0.3) is 0 Å². The van der Waals surface area contributed by atoms with Gasteiger partial charge in [-0.3, -0.25) is 0 Å². The molecule has 0 radical (unpaired) electrons. The molecule has 0 aliphatic heterocycles. The number of methoxy groups -OCH3 is 1. The number of ether oxygens (including phenoxy) is 1. The smallest absolute Gasteiger partial charge is 0.451 e. The number of anilines is 1. The number of fused-ring (bicyclic) bond motifs is 1. The number of carboxylic acids is 1. The van der Waals surface area contributed by atoms with Gasteiger partial charge in [0.2, 0.25) is 5.82 Å². The predicted molar refractivity (Wildman–Crippen MR) is 76.4 cm³/mol. The fourth-order valence-electron chi connectivity index (χ4n) is 1.98. The van der Waals surface area contributed by atoms with Crippen LogP contribution in [0.4, 0.5) is 19.0 Å². The van der Waals surface area contributed by atoms with E-state index in [9.17, 15) is 18.0 Å². The average Bonchev–Trinajstić information content (AvgIpc) is 2.50. The number of hydrogen-bond donors (Lipinski definition) is 2. The van der Waals surface area contributed by atoms with Crippen molar-refractivity contribution in [3.05, 3.63) is 24.0 Å². The number of halogens is 3. The van der Waals surface area contributed by atoms with Crippen LogP contribution in [0.15, 0.2) is 18.2 Å². The highest BCUT2D eigenvalue weighted by atomic mass is 19.4. The second-order valence-electron chi connectivity index (χ2n) is 4.72. The molecule has 0 aliphatic carbocycles. The molecule has 124 valence electrons. The molecule has 0 bridgehead atoms. The molecule has 1 aromatic heterocycles. The largest absolute Gasteiger partial charge is 0.497 e. The minimum absolute atomic E-state index is 0.00872.